The van der Waals surface area contributed by atoms with Crippen molar-refractivity contribution < 1.29 is 19.8 Å². The molecule has 0 saturated carbocycles. The van der Waals surface area contributed by atoms with E-state index in [0.29, 0.717) is 15.4 Å². The van der Waals surface area contributed by atoms with Crippen LogP contribution in [-0.2, 0) is 9.59 Å². The number of carboxylic acids is 2. The molecule has 160 valence electrons. The number of thioether (sulfide) groups is 1. The van der Waals surface area contributed by atoms with Crippen LogP contribution in [0, 0.1) is 0 Å². The second-order valence-electron chi connectivity index (χ2n) is 6.57. The molecular formula is C18H24Cl2N4O4S. The summed E-state index contributed by atoms with van der Waals surface area (Å²) < 4.78 is 0. The van der Waals surface area contributed by atoms with Gasteiger partial charge in [-0.25, -0.2) is 20.0 Å². The molecule has 3 N–H and O–H groups in total. The fourth-order valence-corrected chi connectivity index (χ4v) is 4.34. The Morgan fingerprint density at radius 3 is 2.34 bits per heavy atom. The van der Waals surface area contributed by atoms with Crippen molar-refractivity contribution in [3.63, 3.8) is 0 Å². The molecule has 1 aromatic carbocycles. The van der Waals surface area contributed by atoms with Gasteiger partial charge in [0.2, 0.25) is 0 Å². The van der Waals surface area contributed by atoms with E-state index in [-0.39, 0.29) is 6.17 Å². The van der Waals surface area contributed by atoms with Gasteiger partial charge in [-0.05, 0) is 58.0 Å². The number of carboxylic acid groups (broad SMARTS) is 2. The Kier molecular flexibility index (Phi) is 9.04. The molecule has 0 radical (unpaired) electrons. The van der Waals surface area contributed by atoms with Crippen LogP contribution >= 0.6 is 35.0 Å². The van der Waals surface area contributed by atoms with E-state index >= 15 is 0 Å². The van der Waals surface area contributed by atoms with Crippen molar-refractivity contribution >= 4 is 57.8 Å². The Hall–Kier alpha value is -1.52. The maximum Gasteiger partial charge on any atom is 0.414 e. The van der Waals surface area contributed by atoms with Crippen LogP contribution in [0.2, 0.25) is 10.0 Å². The van der Waals surface area contributed by atoms with Gasteiger partial charge in [0.05, 0.1) is 21.1 Å². The minimum atomic E-state index is -1.82. The summed E-state index contributed by atoms with van der Waals surface area (Å²) in [6, 6.07) is 5.65. The first-order valence-electron chi connectivity index (χ1n) is 9.15. The lowest BCUT2D eigenvalue weighted by Crippen LogP contribution is -2.41. The third-order valence-electron chi connectivity index (χ3n) is 4.34. The number of benzene rings is 1. The van der Waals surface area contributed by atoms with Gasteiger partial charge in [-0.15, -0.1) is 0 Å². The number of aliphatic imine (C=N–C) groups is 1. The maximum absolute atomic E-state index is 9.10. The van der Waals surface area contributed by atoms with Gasteiger partial charge in [-0.3, -0.25) is 9.91 Å². The number of aliphatic carboxylic acids is 2. The number of nitrogens with one attached hydrogen (secondary N) is 1. The normalized spacial score (nSPS) is 20.5. The summed E-state index contributed by atoms with van der Waals surface area (Å²) in [5, 5.41) is 19.3. The fourth-order valence-electron chi connectivity index (χ4n) is 2.90. The Bertz CT molecular complexity index is 762. The Labute approximate surface area is 183 Å². The van der Waals surface area contributed by atoms with E-state index in [1.54, 1.807) is 11.8 Å². The Morgan fingerprint density at radius 1 is 1.17 bits per heavy atom. The summed E-state index contributed by atoms with van der Waals surface area (Å²) in [6.45, 7) is 6.66. The first kappa shape index (κ1) is 23.8. The topological polar surface area (TPSA) is 105 Å². The number of rotatable bonds is 3. The molecule has 1 aromatic rings. The number of hydrazine groups is 1. The van der Waals surface area contributed by atoms with Gasteiger partial charge in [-0.1, -0.05) is 41.4 Å². The molecule has 0 aromatic heterocycles. The van der Waals surface area contributed by atoms with Crippen molar-refractivity contribution in [3.8, 4) is 0 Å². The van der Waals surface area contributed by atoms with Gasteiger partial charge in [0, 0.05) is 0 Å². The van der Waals surface area contributed by atoms with Crippen molar-refractivity contribution in [1.82, 2.24) is 10.3 Å². The Balaban J connectivity index is 0.000000438. The molecule has 1 saturated heterocycles. The van der Waals surface area contributed by atoms with Crippen LogP contribution in [0.25, 0.3) is 0 Å². The molecule has 2 aliphatic heterocycles. The lowest BCUT2D eigenvalue weighted by atomic mass is 10.1. The van der Waals surface area contributed by atoms with Gasteiger partial charge < -0.3 is 10.2 Å². The third-order valence-corrected chi connectivity index (χ3v) is 6.21. The summed E-state index contributed by atoms with van der Waals surface area (Å²) in [6.07, 6.45) is 3.99. The molecule has 8 nitrogen and oxygen atoms in total. The molecule has 11 heteroatoms. The number of likely N-dealkylation sites (tertiary alicyclic amines) is 1. The number of piperidine rings is 1. The molecule has 0 amide bonds. The van der Waals surface area contributed by atoms with Gasteiger partial charge in [-0.2, -0.15) is 0 Å². The highest BCUT2D eigenvalue weighted by molar-refractivity contribution is 8.14. The van der Waals surface area contributed by atoms with Gasteiger partial charge in [0.25, 0.3) is 0 Å². The van der Waals surface area contributed by atoms with Gasteiger partial charge in [0.1, 0.15) is 6.17 Å². The second kappa shape index (κ2) is 11.0. The van der Waals surface area contributed by atoms with E-state index in [2.05, 4.69) is 17.2 Å². The lowest BCUT2D eigenvalue weighted by Gasteiger charge is -2.32. The number of hydrogen-bond donors (Lipinski definition) is 3. The summed E-state index contributed by atoms with van der Waals surface area (Å²) in [7, 11) is 0. The smallest absolute Gasteiger partial charge is 0.414 e. The summed E-state index contributed by atoms with van der Waals surface area (Å²) >= 11 is 14.0. The van der Waals surface area contributed by atoms with Crippen molar-refractivity contribution in [1.29, 1.82) is 0 Å². The molecule has 0 bridgehead atoms. The van der Waals surface area contributed by atoms with Crippen LogP contribution in [0.3, 0.4) is 0 Å². The number of halogens is 2. The summed E-state index contributed by atoms with van der Waals surface area (Å²) in [4.78, 5) is 25.5. The number of hydrogen-bond acceptors (Lipinski definition) is 7. The van der Waals surface area contributed by atoms with E-state index in [1.807, 2.05) is 30.1 Å². The minimum Gasteiger partial charge on any atom is -0.473 e. The quantitative estimate of drug-likeness (QED) is 0.583. The highest BCUT2D eigenvalue weighted by Gasteiger charge is 2.28. The van der Waals surface area contributed by atoms with E-state index in [4.69, 9.17) is 48.0 Å². The lowest BCUT2D eigenvalue weighted by molar-refractivity contribution is -0.159. The van der Waals surface area contributed by atoms with Crippen molar-refractivity contribution in [2.45, 2.75) is 44.6 Å². The van der Waals surface area contributed by atoms with E-state index in [0.717, 1.165) is 10.9 Å². The third kappa shape index (κ3) is 7.04. The van der Waals surface area contributed by atoms with Gasteiger partial charge in [0.15, 0.2) is 5.17 Å². The van der Waals surface area contributed by atoms with E-state index in [1.165, 1.54) is 32.4 Å². The van der Waals surface area contributed by atoms with Crippen LogP contribution in [0.4, 0.5) is 5.69 Å². The zero-order valence-corrected chi connectivity index (χ0v) is 18.5. The van der Waals surface area contributed by atoms with Crippen LogP contribution in [0.1, 0.15) is 33.1 Å². The van der Waals surface area contributed by atoms with Gasteiger partial charge >= 0.3 is 11.9 Å². The highest BCUT2D eigenvalue weighted by Crippen LogP contribution is 2.31. The highest BCUT2D eigenvalue weighted by atomic mass is 35.5. The predicted molar refractivity (Wildman–Crippen MR) is 117 cm³/mol. The standard InChI is InChI=1S/C16H22Cl2N4S.C2H2O4/c1-11-19-16(23-12(2)21-8-4-3-5-9-21)22(20-11)13-6-7-14(17)15(18)10-13;3-1(4)2(5)6/h6-7,10-12,20H,3-5,8-9H2,1-2H3;(H,3,4)(H,5,6). The van der Waals surface area contributed by atoms with Crippen molar-refractivity contribution in [3.05, 3.63) is 28.2 Å². The molecule has 2 atom stereocenters. The predicted octanol–water partition coefficient (Wildman–Crippen LogP) is 3.74. The molecule has 29 heavy (non-hydrogen) atoms. The van der Waals surface area contributed by atoms with Crippen molar-refractivity contribution in [2.75, 3.05) is 18.1 Å². The summed E-state index contributed by atoms with van der Waals surface area (Å²) in [5.41, 5.74) is 4.32. The van der Waals surface area contributed by atoms with Crippen LogP contribution in [0.15, 0.2) is 23.2 Å². The second-order valence-corrected chi connectivity index (χ2v) is 8.67. The SMILES string of the molecule is CC1N=C(SC(C)N2CCCCC2)N(c2ccc(Cl)c(Cl)c2)N1.O=C(O)C(=O)O. The fraction of sp³-hybridized carbons (Fsp3) is 0.500. The maximum atomic E-state index is 9.10. The summed E-state index contributed by atoms with van der Waals surface area (Å²) in [5.74, 6) is -3.65. The number of carbonyl (C=O) groups is 2. The minimum absolute atomic E-state index is 0.0560. The molecule has 0 aliphatic carbocycles. The van der Waals surface area contributed by atoms with E-state index < -0.39 is 11.9 Å². The van der Waals surface area contributed by atoms with Crippen LogP contribution < -0.4 is 10.4 Å². The number of anilines is 1. The monoisotopic (exact) mass is 462 g/mol. The molecule has 2 heterocycles. The van der Waals surface area contributed by atoms with Crippen molar-refractivity contribution in [2.24, 2.45) is 4.99 Å². The van der Waals surface area contributed by atoms with Crippen LogP contribution in [0.5, 0.6) is 0 Å². The number of amidine groups is 1. The molecule has 1 fully saturated rings. The molecule has 2 aliphatic rings. The largest absolute Gasteiger partial charge is 0.473 e. The average molecular weight is 463 g/mol. The zero-order valence-electron chi connectivity index (χ0n) is 16.1. The van der Waals surface area contributed by atoms with Crippen LogP contribution in [-0.4, -0.2) is 56.8 Å². The molecule has 3 rings (SSSR count). The zero-order chi connectivity index (χ0) is 21.6. The van der Waals surface area contributed by atoms with E-state index in [9.17, 15) is 0 Å². The Morgan fingerprint density at radius 2 is 1.79 bits per heavy atom. The molecule has 0 spiro atoms. The number of nitrogens with zero attached hydrogens (tertiary/aromatic N) is 3. The first-order valence-corrected chi connectivity index (χ1v) is 10.8. The first-order chi connectivity index (χ1) is 13.7. The average Bonchev–Trinajstić information content (AvgIpc) is 3.05. The molecular weight excluding hydrogens is 439 g/mol. The molecule has 2 unspecified atom stereocenters.